The first-order chi connectivity index (χ1) is 10.5. The van der Waals surface area contributed by atoms with E-state index in [2.05, 4.69) is 19.2 Å². The number of nitrogens with one attached hydrogen (secondary N) is 2. The second-order valence-electron chi connectivity index (χ2n) is 6.40. The highest BCUT2D eigenvalue weighted by Crippen LogP contribution is 2.29. The van der Waals surface area contributed by atoms with Crippen molar-refractivity contribution in [2.24, 2.45) is 11.8 Å². The summed E-state index contributed by atoms with van der Waals surface area (Å²) in [5.74, 6) is 2.70. The monoisotopic (exact) mass is 307 g/mol. The van der Waals surface area contributed by atoms with Crippen molar-refractivity contribution < 1.29 is 19.2 Å². The summed E-state index contributed by atoms with van der Waals surface area (Å²) in [6, 6.07) is 5.41. The van der Waals surface area contributed by atoms with Crippen LogP contribution in [-0.4, -0.2) is 39.8 Å². The molecule has 1 heterocycles. The van der Waals surface area contributed by atoms with Crippen LogP contribution in [0.4, 0.5) is 5.69 Å². The lowest BCUT2D eigenvalue weighted by Crippen LogP contribution is -3.15. The molecule has 122 valence electrons. The molecule has 2 rings (SSSR count). The number of hydrogen-bond donors (Lipinski definition) is 2. The van der Waals surface area contributed by atoms with Crippen molar-refractivity contribution in [1.29, 1.82) is 0 Å². The Morgan fingerprint density at radius 1 is 1.18 bits per heavy atom. The molecule has 0 spiro atoms. The van der Waals surface area contributed by atoms with Gasteiger partial charge in [0.15, 0.2) is 18.0 Å². The van der Waals surface area contributed by atoms with E-state index in [1.807, 2.05) is 6.07 Å². The zero-order valence-electron chi connectivity index (χ0n) is 13.9. The smallest absolute Gasteiger partial charge is 0.279 e. The Hall–Kier alpha value is -1.75. The van der Waals surface area contributed by atoms with Crippen molar-refractivity contribution >= 4 is 11.6 Å². The largest absolute Gasteiger partial charge is 0.493 e. The van der Waals surface area contributed by atoms with Gasteiger partial charge in [0.1, 0.15) is 0 Å². The fourth-order valence-corrected chi connectivity index (χ4v) is 3.41. The summed E-state index contributed by atoms with van der Waals surface area (Å²) in [5, 5.41) is 2.95. The first kappa shape index (κ1) is 16.6. The number of amides is 1. The molecule has 0 radical (unpaired) electrons. The Morgan fingerprint density at radius 3 is 2.41 bits per heavy atom. The van der Waals surface area contributed by atoms with E-state index in [0.717, 1.165) is 18.8 Å². The maximum Gasteiger partial charge on any atom is 0.279 e. The number of likely N-dealkylation sites (tertiary alicyclic amines) is 1. The number of piperidine rings is 1. The van der Waals surface area contributed by atoms with Crippen molar-refractivity contribution in [3.63, 3.8) is 0 Å². The van der Waals surface area contributed by atoms with E-state index in [0.29, 0.717) is 29.9 Å². The quantitative estimate of drug-likeness (QED) is 0.859. The molecule has 5 nitrogen and oxygen atoms in total. The van der Waals surface area contributed by atoms with Crippen molar-refractivity contribution in [3.8, 4) is 11.5 Å². The van der Waals surface area contributed by atoms with Gasteiger partial charge in [-0.2, -0.15) is 0 Å². The van der Waals surface area contributed by atoms with Gasteiger partial charge in [-0.25, -0.2) is 0 Å². The number of benzene rings is 1. The maximum atomic E-state index is 12.2. The Kier molecular flexibility index (Phi) is 5.66. The van der Waals surface area contributed by atoms with Gasteiger partial charge in [-0.05, 0) is 18.6 Å². The molecule has 0 aliphatic carbocycles. The van der Waals surface area contributed by atoms with Crippen LogP contribution >= 0.6 is 0 Å². The molecule has 0 aromatic heterocycles. The summed E-state index contributed by atoms with van der Waals surface area (Å²) >= 11 is 0. The fraction of sp³-hybridized carbons (Fsp3) is 0.588. The molecule has 1 aliphatic rings. The zero-order valence-corrected chi connectivity index (χ0v) is 13.9. The summed E-state index contributed by atoms with van der Waals surface area (Å²) in [4.78, 5) is 13.6. The Labute approximate surface area is 132 Å². The highest BCUT2D eigenvalue weighted by atomic mass is 16.5. The van der Waals surface area contributed by atoms with Gasteiger partial charge in [-0.15, -0.1) is 0 Å². The predicted octanol–water partition coefficient (Wildman–Crippen LogP) is 1.20. The minimum atomic E-state index is 0.0449. The van der Waals surface area contributed by atoms with Crippen LogP contribution in [0.1, 0.15) is 20.3 Å². The minimum absolute atomic E-state index is 0.0449. The predicted molar refractivity (Wildman–Crippen MR) is 86.7 cm³/mol. The SMILES string of the molecule is COc1ccc(NC(=O)C[NH+]2C[C@@H](C)C[C@H](C)C2)cc1OC. The van der Waals surface area contributed by atoms with E-state index < -0.39 is 0 Å². The topological polar surface area (TPSA) is 52.0 Å². The van der Waals surface area contributed by atoms with Gasteiger partial charge in [-0.1, -0.05) is 13.8 Å². The van der Waals surface area contributed by atoms with Gasteiger partial charge in [-0.3, -0.25) is 4.79 Å². The number of carbonyl (C=O) groups excluding carboxylic acids is 1. The second kappa shape index (κ2) is 7.49. The average Bonchev–Trinajstić information content (AvgIpc) is 2.45. The molecular weight excluding hydrogens is 280 g/mol. The normalized spacial score (nSPS) is 24.6. The summed E-state index contributed by atoms with van der Waals surface area (Å²) in [6.07, 6.45) is 1.26. The van der Waals surface area contributed by atoms with E-state index in [-0.39, 0.29) is 5.91 Å². The first-order valence-corrected chi connectivity index (χ1v) is 7.87. The molecule has 0 saturated carbocycles. The lowest BCUT2D eigenvalue weighted by atomic mass is 9.92. The summed E-state index contributed by atoms with van der Waals surface area (Å²) in [6.45, 7) is 7.19. The number of ether oxygens (including phenoxy) is 2. The van der Waals surface area contributed by atoms with Gasteiger partial charge < -0.3 is 19.7 Å². The third kappa shape index (κ3) is 4.37. The van der Waals surface area contributed by atoms with Crippen molar-refractivity contribution in [2.45, 2.75) is 20.3 Å². The van der Waals surface area contributed by atoms with E-state index in [1.54, 1.807) is 26.4 Å². The lowest BCUT2D eigenvalue weighted by molar-refractivity contribution is -0.904. The lowest BCUT2D eigenvalue weighted by Gasteiger charge is -2.31. The molecule has 2 atom stereocenters. The molecule has 1 aliphatic heterocycles. The molecule has 0 unspecified atom stereocenters. The van der Waals surface area contributed by atoms with Crippen LogP contribution in [0.3, 0.4) is 0 Å². The van der Waals surface area contributed by atoms with Crippen LogP contribution in [-0.2, 0) is 4.79 Å². The van der Waals surface area contributed by atoms with Crippen molar-refractivity contribution in [2.75, 3.05) is 39.2 Å². The highest BCUT2D eigenvalue weighted by molar-refractivity contribution is 5.91. The van der Waals surface area contributed by atoms with Gasteiger partial charge in [0.25, 0.3) is 5.91 Å². The zero-order chi connectivity index (χ0) is 16.1. The summed E-state index contributed by atoms with van der Waals surface area (Å²) < 4.78 is 10.5. The minimum Gasteiger partial charge on any atom is -0.493 e. The molecule has 22 heavy (non-hydrogen) atoms. The van der Waals surface area contributed by atoms with Crippen molar-refractivity contribution in [1.82, 2.24) is 0 Å². The molecule has 1 aromatic rings. The van der Waals surface area contributed by atoms with Gasteiger partial charge in [0, 0.05) is 23.6 Å². The molecule has 1 amide bonds. The molecule has 2 N–H and O–H groups in total. The van der Waals surface area contributed by atoms with Crippen LogP contribution in [0.15, 0.2) is 18.2 Å². The first-order valence-electron chi connectivity index (χ1n) is 7.87. The van der Waals surface area contributed by atoms with Gasteiger partial charge >= 0.3 is 0 Å². The van der Waals surface area contributed by atoms with E-state index in [4.69, 9.17) is 9.47 Å². The van der Waals surface area contributed by atoms with Gasteiger partial charge in [0.2, 0.25) is 0 Å². The fourth-order valence-electron chi connectivity index (χ4n) is 3.41. The number of rotatable bonds is 5. The molecular formula is C17H27N2O3+. The Bertz CT molecular complexity index is 509. The number of hydrogen-bond acceptors (Lipinski definition) is 3. The van der Waals surface area contributed by atoms with Crippen LogP contribution in [0.2, 0.25) is 0 Å². The standard InChI is InChI=1S/C17H26N2O3/c1-12-7-13(2)10-19(9-12)11-17(20)18-14-5-6-15(21-3)16(8-14)22-4/h5-6,8,12-13H,7,9-11H2,1-4H3,(H,18,20)/p+1/t12-,13-/m0/s1. The number of anilines is 1. The van der Waals surface area contributed by atoms with Gasteiger partial charge in [0.05, 0.1) is 27.3 Å². The number of carbonyl (C=O) groups is 1. The molecule has 0 bridgehead atoms. The van der Waals surface area contributed by atoms with E-state index >= 15 is 0 Å². The molecule has 5 heteroatoms. The second-order valence-corrected chi connectivity index (χ2v) is 6.40. The third-order valence-electron chi connectivity index (χ3n) is 4.16. The summed E-state index contributed by atoms with van der Waals surface area (Å²) in [5.41, 5.74) is 0.736. The summed E-state index contributed by atoms with van der Waals surface area (Å²) in [7, 11) is 3.18. The molecule has 1 saturated heterocycles. The van der Waals surface area contributed by atoms with E-state index in [1.165, 1.54) is 11.3 Å². The van der Waals surface area contributed by atoms with Crippen LogP contribution in [0.25, 0.3) is 0 Å². The van der Waals surface area contributed by atoms with Crippen LogP contribution in [0.5, 0.6) is 11.5 Å². The number of methoxy groups -OCH3 is 2. The van der Waals surface area contributed by atoms with Crippen LogP contribution < -0.4 is 19.7 Å². The van der Waals surface area contributed by atoms with Crippen LogP contribution in [0, 0.1) is 11.8 Å². The third-order valence-corrected chi connectivity index (χ3v) is 4.16. The molecule has 1 fully saturated rings. The maximum absolute atomic E-state index is 12.2. The molecule has 1 aromatic carbocycles. The van der Waals surface area contributed by atoms with E-state index in [9.17, 15) is 4.79 Å². The Balaban J connectivity index is 1.94. The Morgan fingerprint density at radius 2 is 1.82 bits per heavy atom. The van der Waals surface area contributed by atoms with Crippen molar-refractivity contribution in [3.05, 3.63) is 18.2 Å². The average molecular weight is 307 g/mol. The highest BCUT2D eigenvalue weighted by Gasteiger charge is 2.26. The number of quaternary nitrogens is 1.